The van der Waals surface area contributed by atoms with E-state index in [4.69, 9.17) is 16.3 Å². The van der Waals surface area contributed by atoms with Crippen LogP contribution in [0.1, 0.15) is 26.3 Å². The third kappa shape index (κ3) is 4.67. The number of aromatic nitrogens is 1. The van der Waals surface area contributed by atoms with Crippen molar-refractivity contribution in [1.29, 1.82) is 5.26 Å². The lowest BCUT2D eigenvalue weighted by molar-refractivity contribution is 0.0240. The number of anilines is 1. The van der Waals surface area contributed by atoms with Gasteiger partial charge in [0.2, 0.25) is 0 Å². The van der Waals surface area contributed by atoms with Gasteiger partial charge in [0, 0.05) is 43.3 Å². The number of hydrogen-bond donors (Lipinski definition) is 1. The molecule has 2 aromatic carbocycles. The fraction of sp³-hybridized carbons (Fsp3) is 0.320. The molecule has 0 saturated carbocycles. The number of hydrogen-bond acceptors (Lipinski definition) is 6. The quantitative estimate of drug-likeness (QED) is 0.561. The highest BCUT2D eigenvalue weighted by Gasteiger charge is 2.27. The number of fused-ring (bicyclic) bond motifs is 1. The van der Waals surface area contributed by atoms with Crippen molar-refractivity contribution in [3.8, 4) is 22.9 Å². The van der Waals surface area contributed by atoms with Gasteiger partial charge in [-0.3, -0.25) is 4.98 Å². The van der Waals surface area contributed by atoms with Crippen molar-refractivity contribution < 1.29 is 14.6 Å². The fourth-order valence-electron chi connectivity index (χ4n) is 3.95. The Morgan fingerprint density at radius 1 is 1.18 bits per heavy atom. The SMILES string of the molecule is CC(C)(C)OC(=O)N1CCN(c2c(Cl)cnc3ccc(-c4cccc(C#N)c4O)cc23)CC1. The molecule has 2 heterocycles. The summed E-state index contributed by atoms with van der Waals surface area (Å²) in [6.07, 6.45) is 1.32. The fourth-order valence-corrected chi connectivity index (χ4v) is 4.22. The molecule has 1 saturated heterocycles. The highest BCUT2D eigenvalue weighted by Crippen LogP contribution is 2.38. The molecule has 4 rings (SSSR count). The van der Waals surface area contributed by atoms with Gasteiger partial charge in [0.15, 0.2) is 0 Å². The third-order valence-electron chi connectivity index (χ3n) is 5.51. The van der Waals surface area contributed by atoms with Gasteiger partial charge in [-0.05, 0) is 44.5 Å². The number of para-hydroxylation sites is 1. The summed E-state index contributed by atoms with van der Waals surface area (Å²) in [5, 5.41) is 21.1. The monoisotopic (exact) mass is 464 g/mol. The Kier molecular flexibility index (Phi) is 6.05. The number of carbonyl (C=O) groups excluding carboxylic acids is 1. The predicted molar refractivity (Wildman–Crippen MR) is 129 cm³/mol. The lowest BCUT2D eigenvalue weighted by Crippen LogP contribution is -2.50. The second kappa shape index (κ2) is 8.80. The summed E-state index contributed by atoms with van der Waals surface area (Å²) in [5.41, 5.74) is 2.61. The van der Waals surface area contributed by atoms with E-state index in [1.807, 2.05) is 45.0 Å². The molecule has 3 aromatic rings. The van der Waals surface area contributed by atoms with Crippen LogP contribution in [0.5, 0.6) is 5.75 Å². The zero-order valence-electron chi connectivity index (χ0n) is 18.8. The first-order valence-corrected chi connectivity index (χ1v) is 11.1. The molecule has 0 unspecified atom stereocenters. The summed E-state index contributed by atoms with van der Waals surface area (Å²) in [4.78, 5) is 20.7. The van der Waals surface area contributed by atoms with E-state index in [0.29, 0.717) is 36.8 Å². The van der Waals surface area contributed by atoms with E-state index in [1.165, 1.54) is 0 Å². The van der Waals surface area contributed by atoms with Crippen LogP contribution in [0.3, 0.4) is 0 Å². The number of halogens is 1. The Morgan fingerprint density at radius 2 is 1.91 bits per heavy atom. The van der Waals surface area contributed by atoms with Gasteiger partial charge in [0.25, 0.3) is 0 Å². The van der Waals surface area contributed by atoms with Gasteiger partial charge < -0.3 is 19.6 Å². The van der Waals surface area contributed by atoms with E-state index >= 15 is 0 Å². The molecule has 1 N–H and O–H groups in total. The van der Waals surface area contributed by atoms with E-state index < -0.39 is 5.60 Å². The number of phenolic OH excluding ortho intramolecular Hbond substituents is 1. The van der Waals surface area contributed by atoms with Crippen molar-refractivity contribution >= 4 is 34.3 Å². The number of amides is 1. The maximum Gasteiger partial charge on any atom is 0.410 e. The van der Waals surface area contributed by atoms with Crippen LogP contribution in [0, 0.1) is 11.3 Å². The van der Waals surface area contributed by atoms with Gasteiger partial charge in [0.1, 0.15) is 17.4 Å². The number of nitriles is 1. The van der Waals surface area contributed by atoms with E-state index in [1.54, 1.807) is 29.3 Å². The molecule has 1 amide bonds. The maximum absolute atomic E-state index is 12.4. The molecule has 1 aromatic heterocycles. The molecule has 33 heavy (non-hydrogen) atoms. The minimum atomic E-state index is -0.538. The Morgan fingerprint density at radius 3 is 2.58 bits per heavy atom. The van der Waals surface area contributed by atoms with Gasteiger partial charge in [-0.15, -0.1) is 0 Å². The normalized spacial score (nSPS) is 14.3. The van der Waals surface area contributed by atoms with E-state index in [9.17, 15) is 15.2 Å². The molecule has 0 radical (unpaired) electrons. The average molecular weight is 465 g/mol. The van der Waals surface area contributed by atoms with Gasteiger partial charge >= 0.3 is 6.09 Å². The topological polar surface area (TPSA) is 89.7 Å². The van der Waals surface area contributed by atoms with Crippen LogP contribution in [0.25, 0.3) is 22.0 Å². The molecule has 0 bridgehead atoms. The van der Waals surface area contributed by atoms with Crippen molar-refractivity contribution in [2.45, 2.75) is 26.4 Å². The van der Waals surface area contributed by atoms with Crippen LogP contribution in [0.4, 0.5) is 10.5 Å². The molecule has 0 atom stereocenters. The molecule has 8 heteroatoms. The molecule has 170 valence electrons. The number of piperazine rings is 1. The minimum absolute atomic E-state index is 0.0538. The van der Waals surface area contributed by atoms with Gasteiger partial charge in [-0.25, -0.2) is 4.79 Å². The second-order valence-corrected chi connectivity index (χ2v) is 9.36. The van der Waals surface area contributed by atoms with E-state index in [-0.39, 0.29) is 17.4 Å². The summed E-state index contributed by atoms with van der Waals surface area (Å²) in [6.45, 7) is 7.78. The average Bonchev–Trinajstić information content (AvgIpc) is 2.78. The van der Waals surface area contributed by atoms with Crippen LogP contribution in [0.2, 0.25) is 5.02 Å². The van der Waals surface area contributed by atoms with E-state index in [2.05, 4.69) is 9.88 Å². The van der Waals surface area contributed by atoms with Crippen molar-refractivity contribution in [3.05, 3.63) is 53.2 Å². The standard InChI is InChI=1S/C25H25ClN4O3/c1-25(2,3)33-24(32)30-11-9-29(10-12-30)22-19-13-16(7-8-21(19)28-15-20(22)26)18-6-4-5-17(14-27)23(18)31/h4-8,13,15,31H,9-12H2,1-3H3. The summed E-state index contributed by atoms with van der Waals surface area (Å²) >= 11 is 6.60. The number of ether oxygens (including phenoxy) is 1. The molecule has 1 aliphatic heterocycles. The number of aromatic hydroxyl groups is 1. The second-order valence-electron chi connectivity index (χ2n) is 8.95. The first-order chi connectivity index (χ1) is 15.7. The first-order valence-electron chi connectivity index (χ1n) is 10.7. The lowest BCUT2D eigenvalue weighted by atomic mass is 9.99. The van der Waals surface area contributed by atoms with Gasteiger partial charge in [0.05, 0.1) is 21.8 Å². The number of nitrogens with zero attached hydrogens (tertiary/aromatic N) is 4. The Balaban J connectivity index is 1.67. The molecular formula is C25H25ClN4O3. The smallest absolute Gasteiger partial charge is 0.410 e. The van der Waals surface area contributed by atoms with Crippen LogP contribution < -0.4 is 4.90 Å². The van der Waals surface area contributed by atoms with Crippen LogP contribution >= 0.6 is 11.6 Å². The summed E-state index contributed by atoms with van der Waals surface area (Å²) in [6, 6.07) is 12.8. The van der Waals surface area contributed by atoms with Crippen molar-refractivity contribution in [3.63, 3.8) is 0 Å². The van der Waals surface area contributed by atoms with Gasteiger partial charge in [-0.2, -0.15) is 5.26 Å². The van der Waals surface area contributed by atoms with Crippen molar-refractivity contribution in [1.82, 2.24) is 9.88 Å². The van der Waals surface area contributed by atoms with E-state index in [0.717, 1.165) is 22.2 Å². The first kappa shape index (κ1) is 22.7. The molecule has 0 spiro atoms. The number of carbonyl (C=O) groups is 1. The summed E-state index contributed by atoms with van der Waals surface area (Å²) in [7, 11) is 0. The zero-order chi connectivity index (χ0) is 23.8. The number of phenols is 1. The summed E-state index contributed by atoms with van der Waals surface area (Å²) < 4.78 is 5.49. The number of pyridine rings is 1. The van der Waals surface area contributed by atoms with Crippen molar-refractivity contribution in [2.24, 2.45) is 0 Å². The van der Waals surface area contributed by atoms with Gasteiger partial charge in [-0.1, -0.05) is 29.8 Å². The lowest BCUT2D eigenvalue weighted by Gasteiger charge is -2.37. The third-order valence-corrected chi connectivity index (χ3v) is 5.79. The predicted octanol–water partition coefficient (Wildman–Crippen LogP) is 5.19. The molecule has 7 nitrogen and oxygen atoms in total. The molecule has 0 aliphatic carbocycles. The maximum atomic E-state index is 12.4. The highest BCUT2D eigenvalue weighted by molar-refractivity contribution is 6.34. The van der Waals surface area contributed by atoms with Crippen LogP contribution in [-0.2, 0) is 4.74 Å². The highest BCUT2D eigenvalue weighted by atomic mass is 35.5. The number of rotatable bonds is 2. The number of benzene rings is 2. The summed E-state index contributed by atoms with van der Waals surface area (Å²) in [5.74, 6) is -0.0538. The Hall–Kier alpha value is -3.50. The molecule has 1 fully saturated rings. The minimum Gasteiger partial charge on any atom is -0.506 e. The molecule has 1 aliphatic rings. The van der Waals surface area contributed by atoms with Crippen molar-refractivity contribution in [2.75, 3.05) is 31.1 Å². The van der Waals surface area contributed by atoms with Crippen LogP contribution in [0.15, 0.2) is 42.6 Å². The Bertz CT molecular complexity index is 1250. The zero-order valence-corrected chi connectivity index (χ0v) is 19.6. The van der Waals surface area contributed by atoms with Crippen LogP contribution in [-0.4, -0.2) is 52.9 Å². The largest absolute Gasteiger partial charge is 0.506 e. The Labute approximate surface area is 197 Å². The molecular weight excluding hydrogens is 440 g/mol.